The average molecular weight is 139 g/mol. The van der Waals surface area contributed by atoms with Crippen LogP contribution in [0.25, 0.3) is 0 Å². The van der Waals surface area contributed by atoms with Gasteiger partial charge in [0, 0.05) is 18.6 Å². The number of rotatable bonds is 2. The number of unbranched alkanes of at least 4 members (excludes halogenated alkanes) is 2. The molecule has 0 aromatic heterocycles. The molecule has 0 aliphatic carbocycles. The van der Waals surface area contributed by atoms with Gasteiger partial charge in [-0.05, 0) is 0 Å². The molecule has 0 heterocycles. The van der Waals surface area contributed by atoms with Crippen LogP contribution in [0.1, 0.15) is 40.5 Å². The van der Waals surface area contributed by atoms with E-state index in [-0.39, 0.29) is 26.0 Å². The van der Waals surface area contributed by atoms with Crippen molar-refractivity contribution in [2.24, 2.45) is 0 Å². The van der Waals surface area contributed by atoms with Crippen LogP contribution in [0, 0.1) is 0 Å². The van der Waals surface area contributed by atoms with Crippen LogP contribution in [0.5, 0.6) is 0 Å². The van der Waals surface area contributed by atoms with Crippen molar-refractivity contribution < 1.29 is 18.6 Å². The molecule has 1 radical (unpaired) electrons. The first-order chi connectivity index (χ1) is 2.41. The van der Waals surface area contributed by atoms with Crippen molar-refractivity contribution in [3.63, 3.8) is 0 Å². The zero-order valence-electron chi connectivity index (χ0n) is 4.57. The molecule has 0 aromatic carbocycles. The maximum Gasteiger partial charge on any atom is 0 e. The van der Waals surface area contributed by atoms with Gasteiger partial charge in [0.25, 0.3) is 0 Å². The maximum absolute atomic E-state index is 2.21. The topological polar surface area (TPSA) is 0 Å². The summed E-state index contributed by atoms with van der Waals surface area (Å²) in [5.74, 6) is 0. The van der Waals surface area contributed by atoms with Gasteiger partial charge in [0.1, 0.15) is 0 Å². The summed E-state index contributed by atoms with van der Waals surface area (Å²) in [6.07, 6.45) is 4.08. The van der Waals surface area contributed by atoms with E-state index in [2.05, 4.69) is 13.8 Å². The molecular weight excluding hydrogens is 123 g/mol. The normalized spacial score (nSPS) is 6.00. The molecule has 45 valence electrons. The summed E-state index contributed by atoms with van der Waals surface area (Å²) < 4.78 is 0. The Labute approximate surface area is 59.6 Å². The van der Waals surface area contributed by atoms with E-state index in [1.165, 1.54) is 19.3 Å². The Morgan fingerprint density at radius 1 is 1.00 bits per heavy atom. The van der Waals surface area contributed by atoms with E-state index in [1.807, 2.05) is 0 Å². The molecule has 0 saturated heterocycles. The van der Waals surface area contributed by atoms with Gasteiger partial charge in [-0.15, -0.1) is 0 Å². The van der Waals surface area contributed by atoms with E-state index in [9.17, 15) is 0 Å². The smallest absolute Gasteiger partial charge is 0 e. The van der Waals surface area contributed by atoms with Gasteiger partial charge in [0.05, 0.1) is 0 Å². The van der Waals surface area contributed by atoms with Gasteiger partial charge in [0.15, 0.2) is 0 Å². The molecule has 7 heavy (non-hydrogen) atoms. The monoisotopic (exact) mass is 139 g/mol. The summed E-state index contributed by atoms with van der Waals surface area (Å²) in [5.41, 5.74) is 0. The summed E-state index contributed by atoms with van der Waals surface area (Å²) in [7, 11) is 0. The largest absolute Gasteiger partial charge is 0.0776 e. The zero-order chi connectivity index (χ0) is 4.12. The predicted octanol–water partition coefficient (Wildman–Crippen LogP) is 2.83. The van der Waals surface area contributed by atoms with Crippen molar-refractivity contribution in [3.8, 4) is 0 Å². The van der Waals surface area contributed by atoms with Gasteiger partial charge in [-0.25, -0.2) is 0 Å². The van der Waals surface area contributed by atoms with Gasteiger partial charge in [-0.2, -0.15) is 0 Å². The molecule has 0 atom stereocenters. The first-order valence-corrected chi connectivity index (χ1v) is 2.41. The molecule has 0 unspecified atom stereocenters. The van der Waals surface area contributed by atoms with Gasteiger partial charge in [-0.1, -0.05) is 40.5 Å². The summed E-state index contributed by atoms with van der Waals surface area (Å²) in [4.78, 5) is 0. The standard InChI is InChI=1S/C5H12.CH4.V/c1-3-5-4-2;;/h3-5H2,1-2H3;1H4;. The van der Waals surface area contributed by atoms with Crippen LogP contribution in [-0.2, 0) is 18.6 Å². The fourth-order valence-corrected chi connectivity index (χ4v) is 0.354. The van der Waals surface area contributed by atoms with Crippen LogP contribution in [0.3, 0.4) is 0 Å². The van der Waals surface area contributed by atoms with Crippen LogP contribution in [-0.4, -0.2) is 0 Å². The van der Waals surface area contributed by atoms with Crippen molar-refractivity contribution in [2.45, 2.75) is 40.5 Å². The molecule has 0 aliphatic rings. The Bertz CT molecular complexity index is 11.7. The van der Waals surface area contributed by atoms with Gasteiger partial charge in [0.2, 0.25) is 0 Å². The summed E-state index contributed by atoms with van der Waals surface area (Å²) in [6, 6.07) is 0. The third kappa shape index (κ3) is 20.7. The Kier molecular flexibility index (Phi) is 35.7. The maximum atomic E-state index is 2.21. The molecule has 1 heteroatoms. The molecule has 0 nitrogen and oxygen atoms in total. The molecule has 0 saturated carbocycles. The first kappa shape index (κ1) is 15.6. The first-order valence-electron chi connectivity index (χ1n) is 2.41. The van der Waals surface area contributed by atoms with E-state index < -0.39 is 0 Å². The van der Waals surface area contributed by atoms with E-state index in [1.54, 1.807) is 0 Å². The molecular formula is C6H16V. The van der Waals surface area contributed by atoms with E-state index in [4.69, 9.17) is 0 Å². The second kappa shape index (κ2) is 16.0. The second-order valence-corrected chi connectivity index (χ2v) is 1.35. The predicted molar refractivity (Wildman–Crippen MR) is 31.9 cm³/mol. The van der Waals surface area contributed by atoms with Crippen molar-refractivity contribution in [2.75, 3.05) is 0 Å². The van der Waals surface area contributed by atoms with Crippen LogP contribution < -0.4 is 0 Å². The Hall–Kier alpha value is 0.584. The van der Waals surface area contributed by atoms with Crippen molar-refractivity contribution in [1.29, 1.82) is 0 Å². The summed E-state index contributed by atoms with van der Waals surface area (Å²) in [5, 5.41) is 0. The fraction of sp³-hybridized carbons (Fsp3) is 1.00. The molecule has 0 amide bonds. The third-order valence-corrected chi connectivity index (χ3v) is 0.707. The van der Waals surface area contributed by atoms with Crippen LogP contribution in [0.2, 0.25) is 0 Å². The average Bonchev–Trinajstić information content (AvgIpc) is 1.41. The fourth-order valence-electron chi connectivity index (χ4n) is 0.354. The Morgan fingerprint density at radius 2 is 1.29 bits per heavy atom. The second-order valence-electron chi connectivity index (χ2n) is 1.35. The molecule has 0 rings (SSSR count). The molecule has 0 spiro atoms. The van der Waals surface area contributed by atoms with Crippen molar-refractivity contribution in [1.82, 2.24) is 0 Å². The summed E-state index contributed by atoms with van der Waals surface area (Å²) in [6.45, 7) is 4.42. The minimum absolute atomic E-state index is 0. The van der Waals surface area contributed by atoms with E-state index in [0.29, 0.717) is 0 Å². The molecule has 0 bridgehead atoms. The Balaban J connectivity index is -0.0000000800. The summed E-state index contributed by atoms with van der Waals surface area (Å²) >= 11 is 0. The Morgan fingerprint density at radius 3 is 1.29 bits per heavy atom. The minimum Gasteiger partial charge on any atom is -0.0776 e. The quantitative estimate of drug-likeness (QED) is 0.551. The van der Waals surface area contributed by atoms with Crippen molar-refractivity contribution >= 4 is 0 Å². The molecule has 0 fully saturated rings. The number of hydrogen-bond acceptors (Lipinski definition) is 0. The van der Waals surface area contributed by atoms with Crippen LogP contribution >= 0.6 is 0 Å². The minimum atomic E-state index is 0. The van der Waals surface area contributed by atoms with Crippen LogP contribution in [0.15, 0.2) is 0 Å². The SMILES string of the molecule is C.CCCCC.[V]. The van der Waals surface area contributed by atoms with E-state index in [0.717, 1.165) is 0 Å². The number of hydrogen-bond donors (Lipinski definition) is 0. The van der Waals surface area contributed by atoms with Gasteiger partial charge in [-0.3, -0.25) is 0 Å². The van der Waals surface area contributed by atoms with Crippen molar-refractivity contribution in [3.05, 3.63) is 0 Å². The van der Waals surface area contributed by atoms with E-state index >= 15 is 0 Å². The van der Waals surface area contributed by atoms with Gasteiger partial charge >= 0.3 is 0 Å². The van der Waals surface area contributed by atoms with Gasteiger partial charge < -0.3 is 0 Å². The third-order valence-electron chi connectivity index (χ3n) is 0.707. The molecule has 0 aliphatic heterocycles. The molecule has 0 N–H and O–H groups in total. The zero-order valence-corrected chi connectivity index (χ0v) is 5.97. The van der Waals surface area contributed by atoms with Crippen LogP contribution in [0.4, 0.5) is 0 Å². The molecule has 0 aromatic rings.